The molecule has 0 saturated heterocycles. The largest absolute Gasteiger partial charge is 0.493 e. The fraction of sp³-hybridized carbons (Fsp3) is 0.190. The topological polar surface area (TPSA) is 97.6 Å². The Bertz CT molecular complexity index is 931. The van der Waals surface area contributed by atoms with Gasteiger partial charge in [0.15, 0.2) is 17.6 Å². The number of nitrogens with one attached hydrogen (secondary N) is 1. The summed E-state index contributed by atoms with van der Waals surface area (Å²) >= 11 is 0. The Kier molecular flexibility index (Phi) is 7.17. The number of para-hydroxylation sites is 1. The zero-order chi connectivity index (χ0) is 20.5. The van der Waals surface area contributed by atoms with Crippen molar-refractivity contribution in [2.24, 2.45) is 0 Å². The minimum atomic E-state index is -1.03. The van der Waals surface area contributed by atoms with Crippen LogP contribution in [0.5, 0.6) is 11.5 Å². The number of amides is 1. The maximum atomic E-state index is 12.2. The highest BCUT2D eigenvalue weighted by atomic mass is 16.5. The van der Waals surface area contributed by atoms with E-state index in [1.165, 1.54) is 27.2 Å². The fourth-order valence-corrected chi connectivity index (χ4v) is 2.31. The van der Waals surface area contributed by atoms with Crippen molar-refractivity contribution in [1.82, 2.24) is 0 Å². The van der Waals surface area contributed by atoms with Crippen LogP contribution in [0.1, 0.15) is 18.1 Å². The Labute approximate surface area is 163 Å². The SMILES string of the molecule is COc1ccc(/C=C/C(=O)O[C@H](C)C(=O)Nc2ccccc2C#N)cc1OC. The molecule has 28 heavy (non-hydrogen) atoms. The van der Waals surface area contributed by atoms with Crippen molar-refractivity contribution >= 4 is 23.6 Å². The highest BCUT2D eigenvalue weighted by Gasteiger charge is 2.17. The molecule has 7 heteroatoms. The van der Waals surface area contributed by atoms with Crippen LogP contribution >= 0.6 is 0 Å². The van der Waals surface area contributed by atoms with Crippen LogP contribution in [-0.2, 0) is 14.3 Å². The minimum Gasteiger partial charge on any atom is -0.493 e. The van der Waals surface area contributed by atoms with Crippen molar-refractivity contribution in [2.45, 2.75) is 13.0 Å². The molecule has 0 heterocycles. The first kappa shape index (κ1) is 20.5. The standard InChI is InChI=1S/C21H20N2O5/c1-14(21(25)23-17-7-5-4-6-16(17)13-22)28-20(24)11-9-15-8-10-18(26-2)19(12-15)27-3/h4-12,14H,1-3H3,(H,23,25)/b11-9+/t14-/m1/s1. The second-order valence-electron chi connectivity index (χ2n) is 5.67. The quantitative estimate of drug-likeness (QED) is 0.585. The smallest absolute Gasteiger partial charge is 0.331 e. The van der Waals surface area contributed by atoms with Gasteiger partial charge in [-0.1, -0.05) is 18.2 Å². The van der Waals surface area contributed by atoms with E-state index in [0.29, 0.717) is 28.3 Å². The lowest BCUT2D eigenvalue weighted by atomic mass is 10.2. The molecular weight excluding hydrogens is 360 g/mol. The number of nitrogens with zero attached hydrogens (tertiary/aromatic N) is 1. The maximum absolute atomic E-state index is 12.2. The predicted molar refractivity (Wildman–Crippen MR) is 104 cm³/mol. The molecule has 1 amide bonds. The minimum absolute atomic E-state index is 0.322. The van der Waals surface area contributed by atoms with Crippen LogP contribution in [0.15, 0.2) is 48.5 Å². The van der Waals surface area contributed by atoms with Gasteiger partial charge in [0.25, 0.3) is 5.91 Å². The number of esters is 1. The summed E-state index contributed by atoms with van der Waals surface area (Å²) < 4.78 is 15.5. The Hall–Kier alpha value is -3.79. The van der Waals surface area contributed by atoms with Gasteiger partial charge in [0, 0.05) is 6.08 Å². The average molecular weight is 380 g/mol. The van der Waals surface area contributed by atoms with Crippen molar-refractivity contribution in [2.75, 3.05) is 19.5 Å². The zero-order valence-electron chi connectivity index (χ0n) is 15.8. The fourth-order valence-electron chi connectivity index (χ4n) is 2.31. The van der Waals surface area contributed by atoms with Gasteiger partial charge >= 0.3 is 5.97 Å². The molecule has 7 nitrogen and oxygen atoms in total. The number of rotatable bonds is 7. The summed E-state index contributed by atoms with van der Waals surface area (Å²) in [6.45, 7) is 1.45. The molecule has 0 aliphatic rings. The Morgan fingerprint density at radius 3 is 2.50 bits per heavy atom. The maximum Gasteiger partial charge on any atom is 0.331 e. The molecule has 0 radical (unpaired) electrons. The van der Waals surface area contributed by atoms with Gasteiger partial charge < -0.3 is 19.5 Å². The van der Waals surface area contributed by atoms with Crippen LogP contribution in [0.4, 0.5) is 5.69 Å². The molecule has 0 aliphatic carbocycles. The first-order valence-electron chi connectivity index (χ1n) is 8.39. The van der Waals surface area contributed by atoms with E-state index in [0.717, 1.165) is 0 Å². The molecule has 1 N–H and O–H groups in total. The first-order valence-corrected chi connectivity index (χ1v) is 8.39. The number of anilines is 1. The van der Waals surface area contributed by atoms with E-state index in [1.807, 2.05) is 6.07 Å². The molecule has 0 bridgehead atoms. The molecule has 0 aliphatic heterocycles. The lowest BCUT2D eigenvalue weighted by molar-refractivity contribution is -0.148. The Morgan fingerprint density at radius 1 is 1.11 bits per heavy atom. The lowest BCUT2D eigenvalue weighted by Crippen LogP contribution is -2.29. The third-order valence-corrected chi connectivity index (χ3v) is 3.79. The van der Waals surface area contributed by atoms with Gasteiger partial charge in [-0.3, -0.25) is 4.79 Å². The third kappa shape index (κ3) is 5.35. The molecular formula is C21H20N2O5. The summed E-state index contributed by atoms with van der Waals surface area (Å²) in [5.74, 6) is -0.103. The van der Waals surface area contributed by atoms with E-state index < -0.39 is 18.0 Å². The molecule has 2 aromatic carbocycles. The zero-order valence-corrected chi connectivity index (χ0v) is 15.8. The van der Waals surface area contributed by atoms with E-state index in [2.05, 4.69) is 5.32 Å². The summed E-state index contributed by atoms with van der Waals surface area (Å²) in [6, 6.07) is 13.7. The number of hydrogen-bond donors (Lipinski definition) is 1. The lowest BCUT2D eigenvalue weighted by Gasteiger charge is -2.13. The van der Waals surface area contributed by atoms with Crippen molar-refractivity contribution in [3.8, 4) is 17.6 Å². The van der Waals surface area contributed by atoms with E-state index in [4.69, 9.17) is 19.5 Å². The number of methoxy groups -OCH3 is 2. The van der Waals surface area contributed by atoms with Gasteiger partial charge in [0.2, 0.25) is 0 Å². The highest BCUT2D eigenvalue weighted by Crippen LogP contribution is 2.28. The molecule has 2 aromatic rings. The molecule has 1 atom stereocenters. The number of benzene rings is 2. The van der Waals surface area contributed by atoms with Gasteiger partial charge in [-0.2, -0.15) is 5.26 Å². The normalized spacial score (nSPS) is 11.4. The second-order valence-corrected chi connectivity index (χ2v) is 5.67. The Balaban J connectivity index is 1.97. The van der Waals surface area contributed by atoms with E-state index >= 15 is 0 Å². The van der Waals surface area contributed by atoms with E-state index in [1.54, 1.807) is 48.5 Å². The van der Waals surface area contributed by atoms with E-state index in [9.17, 15) is 9.59 Å². The Morgan fingerprint density at radius 2 is 1.82 bits per heavy atom. The van der Waals surface area contributed by atoms with Crippen molar-refractivity contribution < 1.29 is 23.8 Å². The van der Waals surface area contributed by atoms with Gasteiger partial charge in [-0.25, -0.2) is 4.79 Å². The molecule has 144 valence electrons. The number of nitriles is 1. The van der Waals surface area contributed by atoms with Crippen LogP contribution < -0.4 is 14.8 Å². The summed E-state index contributed by atoms with van der Waals surface area (Å²) in [5, 5.41) is 11.6. The van der Waals surface area contributed by atoms with Gasteiger partial charge in [0.05, 0.1) is 25.5 Å². The first-order chi connectivity index (χ1) is 13.5. The molecule has 0 fully saturated rings. The number of hydrogen-bond acceptors (Lipinski definition) is 6. The second kappa shape index (κ2) is 9.78. The van der Waals surface area contributed by atoms with Gasteiger partial charge in [0.1, 0.15) is 6.07 Å². The number of carbonyl (C=O) groups excluding carboxylic acids is 2. The summed E-state index contributed by atoms with van der Waals surface area (Å²) in [7, 11) is 3.05. The average Bonchev–Trinajstić information content (AvgIpc) is 2.72. The highest BCUT2D eigenvalue weighted by molar-refractivity contribution is 5.97. The van der Waals surface area contributed by atoms with Crippen molar-refractivity contribution in [1.29, 1.82) is 5.26 Å². The molecule has 0 unspecified atom stereocenters. The van der Waals surface area contributed by atoms with Crippen LogP contribution in [0.25, 0.3) is 6.08 Å². The third-order valence-electron chi connectivity index (χ3n) is 3.79. The van der Waals surface area contributed by atoms with Crippen LogP contribution in [-0.4, -0.2) is 32.2 Å². The number of carbonyl (C=O) groups is 2. The van der Waals surface area contributed by atoms with Crippen molar-refractivity contribution in [3.05, 3.63) is 59.7 Å². The summed E-state index contributed by atoms with van der Waals surface area (Å²) in [4.78, 5) is 24.2. The monoisotopic (exact) mass is 380 g/mol. The molecule has 0 saturated carbocycles. The van der Waals surface area contributed by atoms with Crippen molar-refractivity contribution in [3.63, 3.8) is 0 Å². The van der Waals surface area contributed by atoms with Crippen LogP contribution in [0.3, 0.4) is 0 Å². The molecule has 0 spiro atoms. The summed E-state index contributed by atoms with van der Waals surface area (Å²) in [6.07, 6.45) is 1.73. The van der Waals surface area contributed by atoms with Crippen LogP contribution in [0, 0.1) is 11.3 Å². The number of ether oxygens (including phenoxy) is 3. The molecule has 0 aromatic heterocycles. The van der Waals surface area contributed by atoms with Crippen LogP contribution in [0.2, 0.25) is 0 Å². The van der Waals surface area contributed by atoms with Gasteiger partial charge in [-0.05, 0) is 42.8 Å². The summed E-state index contributed by atoms with van der Waals surface area (Å²) in [5.41, 5.74) is 1.39. The predicted octanol–water partition coefficient (Wildman–Crippen LogP) is 3.16. The molecule has 2 rings (SSSR count). The van der Waals surface area contributed by atoms with Gasteiger partial charge in [-0.15, -0.1) is 0 Å². The van der Waals surface area contributed by atoms with E-state index in [-0.39, 0.29) is 0 Å².